The second-order valence-electron chi connectivity index (χ2n) is 4.25. The van der Waals surface area contributed by atoms with Crippen LogP contribution in [0, 0.1) is 0 Å². The van der Waals surface area contributed by atoms with Gasteiger partial charge in [0.05, 0.1) is 18.8 Å². The molecule has 6 heteroatoms. The predicted octanol–water partition coefficient (Wildman–Crippen LogP) is 1.72. The predicted molar refractivity (Wildman–Crippen MR) is 75.3 cm³/mol. The molecule has 3 atom stereocenters. The Morgan fingerprint density at radius 1 is 1.67 bits per heavy atom. The lowest BCUT2D eigenvalue weighted by atomic mass is 10.1. The summed E-state index contributed by atoms with van der Waals surface area (Å²) in [6, 6.07) is 3.83. The summed E-state index contributed by atoms with van der Waals surface area (Å²) in [4.78, 5) is 13.2. The molecule has 1 aromatic rings. The van der Waals surface area contributed by atoms with Crippen molar-refractivity contribution in [2.45, 2.75) is 32.0 Å². The summed E-state index contributed by atoms with van der Waals surface area (Å²) < 4.78 is 5.46. The molecule has 1 aromatic heterocycles. The average Bonchev–Trinajstić information content (AvgIpc) is 2.82. The van der Waals surface area contributed by atoms with Gasteiger partial charge in [-0.3, -0.25) is 4.79 Å². The number of carbonyl (C=O) groups excluding carboxylic acids is 1. The van der Waals surface area contributed by atoms with Crippen LogP contribution in [0.25, 0.3) is 0 Å². The molecule has 4 nitrogen and oxygen atoms in total. The lowest BCUT2D eigenvalue weighted by molar-refractivity contribution is -0.129. The second kappa shape index (κ2) is 7.09. The van der Waals surface area contributed by atoms with Crippen LogP contribution in [0.15, 0.2) is 17.5 Å². The van der Waals surface area contributed by atoms with Crippen LogP contribution in [0.2, 0.25) is 0 Å². The lowest BCUT2D eigenvalue weighted by Crippen LogP contribution is -2.55. The third kappa shape index (κ3) is 3.68. The van der Waals surface area contributed by atoms with Crippen LogP contribution in [0.3, 0.4) is 0 Å². The Labute approximate surface area is 118 Å². The molecule has 0 saturated carbocycles. The highest BCUT2D eigenvalue weighted by Crippen LogP contribution is 2.18. The summed E-state index contributed by atoms with van der Waals surface area (Å²) in [7, 11) is 0. The van der Waals surface area contributed by atoms with Gasteiger partial charge < -0.3 is 15.4 Å². The molecule has 1 fully saturated rings. The van der Waals surface area contributed by atoms with Crippen molar-refractivity contribution in [3.63, 3.8) is 0 Å². The number of thiophene rings is 1. The van der Waals surface area contributed by atoms with Crippen molar-refractivity contribution in [1.82, 2.24) is 10.6 Å². The molecule has 1 unspecified atom stereocenters. The van der Waals surface area contributed by atoms with Gasteiger partial charge in [-0.25, -0.2) is 0 Å². The number of rotatable bonds is 3. The summed E-state index contributed by atoms with van der Waals surface area (Å²) in [6.07, 6.45) is -0.0701. The van der Waals surface area contributed by atoms with Gasteiger partial charge in [-0.1, -0.05) is 6.07 Å². The Kier molecular flexibility index (Phi) is 6.08. The maximum absolute atomic E-state index is 12.1. The Bertz CT molecular complexity index is 372. The fourth-order valence-corrected chi connectivity index (χ4v) is 2.67. The van der Waals surface area contributed by atoms with Crippen molar-refractivity contribution in [3.8, 4) is 0 Å². The van der Waals surface area contributed by atoms with E-state index in [1.807, 2.05) is 31.4 Å². The molecule has 1 saturated heterocycles. The van der Waals surface area contributed by atoms with Crippen molar-refractivity contribution >= 4 is 29.7 Å². The normalized spacial score (nSPS) is 25.0. The zero-order valence-corrected chi connectivity index (χ0v) is 12.1. The Morgan fingerprint density at radius 3 is 3.06 bits per heavy atom. The number of nitrogens with one attached hydrogen (secondary N) is 2. The quantitative estimate of drug-likeness (QED) is 0.891. The van der Waals surface area contributed by atoms with E-state index in [2.05, 4.69) is 10.6 Å². The molecule has 0 radical (unpaired) electrons. The number of halogens is 1. The van der Waals surface area contributed by atoms with E-state index in [9.17, 15) is 4.79 Å². The van der Waals surface area contributed by atoms with Crippen LogP contribution in [-0.2, 0) is 9.53 Å². The fourth-order valence-electron chi connectivity index (χ4n) is 1.94. The van der Waals surface area contributed by atoms with Gasteiger partial charge in [-0.15, -0.1) is 23.7 Å². The van der Waals surface area contributed by atoms with Crippen LogP contribution in [0.1, 0.15) is 24.8 Å². The van der Waals surface area contributed by atoms with Gasteiger partial charge in [0, 0.05) is 11.4 Å². The summed E-state index contributed by atoms with van der Waals surface area (Å²) in [6.45, 7) is 5.32. The molecule has 1 aliphatic rings. The van der Waals surface area contributed by atoms with Crippen molar-refractivity contribution in [1.29, 1.82) is 0 Å². The first kappa shape index (κ1) is 15.4. The van der Waals surface area contributed by atoms with E-state index >= 15 is 0 Å². The minimum atomic E-state index is -0.244. The zero-order chi connectivity index (χ0) is 12.3. The maximum atomic E-state index is 12.1. The van der Waals surface area contributed by atoms with Crippen molar-refractivity contribution in [2.75, 3.05) is 13.2 Å². The first-order chi connectivity index (χ1) is 8.18. The van der Waals surface area contributed by atoms with Gasteiger partial charge in [0.15, 0.2) is 0 Å². The standard InChI is InChI=1S/C12H18N2O2S.ClH/c1-8(10-4-3-7-17-10)14-12(15)11-9(2)16-6-5-13-11;/h3-4,7-9,11,13H,5-6H2,1-2H3,(H,14,15);1H/t8?,9-,11+;/m1./s1. The van der Waals surface area contributed by atoms with Crippen molar-refractivity contribution < 1.29 is 9.53 Å². The first-order valence-electron chi connectivity index (χ1n) is 5.87. The van der Waals surface area contributed by atoms with Crippen molar-refractivity contribution in [2.24, 2.45) is 0 Å². The van der Waals surface area contributed by atoms with E-state index in [1.54, 1.807) is 11.3 Å². The van der Waals surface area contributed by atoms with Crippen LogP contribution < -0.4 is 10.6 Å². The van der Waals surface area contributed by atoms with E-state index in [0.29, 0.717) is 6.61 Å². The maximum Gasteiger partial charge on any atom is 0.240 e. The highest BCUT2D eigenvalue weighted by atomic mass is 35.5. The molecule has 18 heavy (non-hydrogen) atoms. The van der Waals surface area contributed by atoms with Crippen molar-refractivity contribution in [3.05, 3.63) is 22.4 Å². The number of carbonyl (C=O) groups is 1. The van der Waals surface area contributed by atoms with E-state index < -0.39 is 0 Å². The fraction of sp³-hybridized carbons (Fsp3) is 0.583. The monoisotopic (exact) mass is 290 g/mol. The number of amides is 1. The molecule has 1 amide bonds. The van der Waals surface area contributed by atoms with E-state index in [-0.39, 0.29) is 36.5 Å². The van der Waals surface area contributed by atoms with E-state index in [1.165, 1.54) is 4.88 Å². The highest BCUT2D eigenvalue weighted by molar-refractivity contribution is 7.10. The third-order valence-corrected chi connectivity index (χ3v) is 3.98. The molecule has 2 N–H and O–H groups in total. The first-order valence-corrected chi connectivity index (χ1v) is 6.75. The number of hydrogen-bond donors (Lipinski definition) is 2. The number of ether oxygens (including phenoxy) is 1. The van der Waals surface area contributed by atoms with Gasteiger partial charge in [0.25, 0.3) is 0 Å². The Hall–Kier alpha value is -0.620. The molecule has 0 aliphatic carbocycles. The molecule has 102 valence electrons. The number of morpholine rings is 1. The van der Waals surface area contributed by atoms with Crippen LogP contribution in [-0.4, -0.2) is 31.2 Å². The molecular formula is C12H19ClN2O2S. The van der Waals surface area contributed by atoms with Crippen LogP contribution in [0.5, 0.6) is 0 Å². The summed E-state index contributed by atoms with van der Waals surface area (Å²) in [5.41, 5.74) is 0. The zero-order valence-electron chi connectivity index (χ0n) is 10.5. The van der Waals surface area contributed by atoms with Gasteiger partial charge in [0.2, 0.25) is 5.91 Å². The second-order valence-corrected chi connectivity index (χ2v) is 5.23. The smallest absolute Gasteiger partial charge is 0.240 e. The van der Waals surface area contributed by atoms with Gasteiger partial charge >= 0.3 is 0 Å². The lowest BCUT2D eigenvalue weighted by Gasteiger charge is -2.30. The average molecular weight is 291 g/mol. The molecule has 2 heterocycles. The van der Waals surface area contributed by atoms with Gasteiger partial charge in [-0.05, 0) is 25.3 Å². The highest BCUT2D eigenvalue weighted by Gasteiger charge is 2.29. The Balaban J connectivity index is 0.00000162. The third-order valence-electron chi connectivity index (χ3n) is 2.93. The molecular weight excluding hydrogens is 272 g/mol. The van der Waals surface area contributed by atoms with Gasteiger partial charge in [0.1, 0.15) is 6.04 Å². The summed E-state index contributed by atoms with van der Waals surface area (Å²) in [5.74, 6) is 0.0121. The minimum absolute atomic E-state index is 0. The van der Waals surface area contributed by atoms with E-state index in [4.69, 9.17) is 4.74 Å². The van der Waals surface area contributed by atoms with Crippen LogP contribution >= 0.6 is 23.7 Å². The molecule has 1 aliphatic heterocycles. The number of hydrogen-bond acceptors (Lipinski definition) is 4. The van der Waals surface area contributed by atoms with E-state index in [0.717, 1.165) is 6.54 Å². The Morgan fingerprint density at radius 2 is 2.44 bits per heavy atom. The largest absolute Gasteiger partial charge is 0.375 e. The summed E-state index contributed by atoms with van der Waals surface area (Å²) >= 11 is 1.65. The SMILES string of the molecule is CC(NC(=O)[C@H]1NCCO[C@@H]1C)c1cccs1.Cl. The molecule has 0 bridgehead atoms. The van der Waals surface area contributed by atoms with Crippen LogP contribution in [0.4, 0.5) is 0 Å². The molecule has 0 aromatic carbocycles. The molecule has 2 rings (SSSR count). The summed E-state index contributed by atoms with van der Waals surface area (Å²) in [5, 5.41) is 8.21. The molecule has 0 spiro atoms. The topological polar surface area (TPSA) is 50.4 Å². The minimum Gasteiger partial charge on any atom is -0.375 e. The van der Waals surface area contributed by atoms with Gasteiger partial charge in [-0.2, -0.15) is 0 Å².